The van der Waals surface area contributed by atoms with E-state index in [0.29, 0.717) is 19.7 Å². The van der Waals surface area contributed by atoms with E-state index in [-0.39, 0.29) is 11.0 Å². The fourth-order valence-corrected chi connectivity index (χ4v) is 2.60. The molecule has 0 aromatic heterocycles. The molecule has 0 radical (unpaired) electrons. The number of hydrogen-bond donors (Lipinski definition) is 1. The zero-order valence-electron chi connectivity index (χ0n) is 11.8. The maximum Gasteiger partial charge on any atom is 0.153 e. The Bertz CT molecular complexity index is 483. The zero-order chi connectivity index (χ0) is 14.3. The summed E-state index contributed by atoms with van der Waals surface area (Å²) in [7, 11) is -1.29. The minimum absolute atomic E-state index is 0.178. The van der Waals surface area contributed by atoms with Crippen LogP contribution in [0.5, 0.6) is 0 Å². The Kier molecular flexibility index (Phi) is 6.48. The van der Waals surface area contributed by atoms with Gasteiger partial charge in [0.05, 0.1) is 17.6 Å². The van der Waals surface area contributed by atoms with E-state index in [2.05, 4.69) is 5.32 Å². The molecule has 0 saturated carbocycles. The molecule has 0 bridgehead atoms. The third-order valence-corrected chi connectivity index (χ3v) is 5.22. The van der Waals surface area contributed by atoms with E-state index in [1.54, 1.807) is 21.0 Å². The third kappa shape index (κ3) is 5.30. The van der Waals surface area contributed by atoms with Crippen molar-refractivity contribution in [3.05, 3.63) is 35.4 Å². The lowest BCUT2D eigenvalue weighted by molar-refractivity contribution is 0.184. The van der Waals surface area contributed by atoms with Crippen molar-refractivity contribution in [2.24, 2.45) is 0 Å². The van der Waals surface area contributed by atoms with Crippen molar-refractivity contribution in [3.8, 4) is 0 Å². The normalized spacial score (nSPS) is 12.0. The molecule has 19 heavy (non-hydrogen) atoms. The van der Waals surface area contributed by atoms with Crippen molar-refractivity contribution in [3.63, 3.8) is 0 Å². The minimum Gasteiger partial charge on any atom is -0.380 e. The molecule has 0 unspecified atom stereocenters. The molecule has 1 aromatic carbocycles. The van der Waals surface area contributed by atoms with Gasteiger partial charge in [-0.3, -0.25) is 0 Å². The second-order valence-corrected chi connectivity index (χ2v) is 7.47. The van der Waals surface area contributed by atoms with Crippen molar-refractivity contribution in [1.29, 1.82) is 0 Å². The van der Waals surface area contributed by atoms with Crippen LogP contribution in [-0.4, -0.2) is 33.1 Å². The van der Waals surface area contributed by atoms with Crippen LogP contribution in [0.2, 0.25) is 0 Å². The largest absolute Gasteiger partial charge is 0.380 e. The van der Waals surface area contributed by atoms with Gasteiger partial charge >= 0.3 is 0 Å². The predicted octanol–water partition coefficient (Wildman–Crippen LogP) is 1.75. The molecule has 1 rings (SSSR count). The first kappa shape index (κ1) is 16.1. The lowest BCUT2D eigenvalue weighted by atomic mass is 10.1. The Labute approximate surface area is 116 Å². The van der Waals surface area contributed by atoms with E-state index < -0.39 is 9.84 Å². The summed E-state index contributed by atoms with van der Waals surface area (Å²) in [6, 6.07) is 7.99. The topological polar surface area (TPSA) is 55.4 Å². The van der Waals surface area contributed by atoms with Crippen molar-refractivity contribution in [1.82, 2.24) is 5.32 Å². The van der Waals surface area contributed by atoms with E-state index in [9.17, 15) is 8.42 Å². The second kappa shape index (κ2) is 7.62. The highest BCUT2D eigenvalue weighted by molar-refractivity contribution is 7.92. The molecule has 0 atom stereocenters. The first-order valence-corrected chi connectivity index (χ1v) is 8.17. The van der Waals surface area contributed by atoms with Gasteiger partial charge in [-0.15, -0.1) is 0 Å². The Morgan fingerprint density at radius 2 is 1.84 bits per heavy atom. The number of hydrogen-bond acceptors (Lipinski definition) is 4. The van der Waals surface area contributed by atoms with E-state index in [1.165, 1.54) is 0 Å². The Balaban J connectivity index is 2.46. The average molecular weight is 285 g/mol. The molecule has 0 aliphatic rings. The highest BCUT2D eigenvalue weighted by Crippen LogP contribution is 2.09. The molecule has 1 N–H and O–H groups in total. The van der Waals surface area contributed by atoms with Gasteiger partial charge in [-0.2, -0.15) is 0 Å². The number of nitrogens with one attached hydrogen (secondary N) is 1. The van der Waals surface area contributed by atoms with Gasteiger partial charge in [-0.1, -0.05) is 24.3 Å². The van der Waals surface area contributed by atoms with Crippen LogP contribution in [0.4, 0.5) is 0 Å². The molecule has 0 saturated heterocycles. The fraction of sp³-hybridized carbons (Fsp3) is 0.571. The van der Waals surface area contributed by atoms with Crippen LogP contribution in [0.1, 0.15) is 25.0 Å². The molecule has 0 aliphatic heterocycles. The van der Waals surface area contributed by atoms with Gasteiger partial charge in [0.2, 0.25) is 0 Å². The van der Waals surface area contributed by atoms with Crippen LogP contribution in [0.15, 0.2) is 24.3 Å². The lowest BCUT2D eigenvalue weighted by Gasteiger charge is -2.11. The molecule has 108 valence electrons. The molecule has 5 heteroatoms. The van der Waals surface area contributed by atoms with Gasteiger partial charge in [0, 0.05) is 20.2 Å². The van der Waals surface area contributed by atoms with Crippen LogP contribution >= 0.6 is 0 Å². The molecule has 0 aliphatic carbocycles. The number of methoxy groups -OCH3 is 1. The molecule has 0 spiro atoms. The van der Waals surface area contributed by atoms with Gasteiger partial charge < -0.3 is 10.1 Å². The van der Waals surface area contributed by atoms with Gasteiger partial charge in [-0.05, 0) is 25.0 Å². The standard InChI is InChI=1S/C14H23NO3S/c1-12(2)19(16,17)9-8-15-10-13-6-4-5-7-14(13)11-18-3/h4-7,12,15H,8-11H2,1-3H3. The lowest BCUT2D eigenvalue weighted by Crippen LogP contribution is -2.27. The number of rotatable bonds is 8. The van der Waals surface area contributed by atoms with Crippen molar-refractivity contribution in [2.75, 3.05) is 19.4 Å². The maximum atomic E-state index is 11.7. The molecule has 1 aromatic rings. The van der Waals surface area contributed by atoms with Gasteiger partial charge in [0.15, 0.2) is 9.84 Å². The van der Waals surface area contributed by atoms with E-state index in [1.807, 2.05) is 24.3 Å². The highest BCUT2D eigenvalue weighted by Gasteiger charge is 2.14. The summed E-state index contributed by atoms with van der Waals surface area (Å²) in [4.78, 5) is 0. The van der Waals surface area contributed by atoms with Crippen molar-refractivity contribution >= 4 is 9.84 Å². The smallest absolute Gasteiger partial charge is 0.153 e. The predicted molar refractivity (Wildman–Crippen MR) is 77.8 cm³/mol. The van der Waals surface area contributed by atoms with E-state index in [0.717, 1.165) is 11.1 Å². The second-order valence-electron chi connectivity index (χ2n) is 4.79. The number of ether oxygens (including phenoxy) is 1. The van der Waals surface area contributed by atoms with Crippen molar-refractivity contribution in [2.45, 2.75) is 32.2 Å². The summed E-state index contributed by atoms with van der Waals surface area (Å²) in [6.07, 6.45) is 0. The summed E-state index contributed by atoms with van der Waals surface area (Å²) >= 11 is 0. The average Bonchev–Trinajstić information content (AvgIpc) is 2.36. The van der Waals surface area contributed by atoms with Crippen LogP contribution in [0.25, 0.3) is 0 Å². The molecule has 0 amide bonds. The number of sulfone groups is 1. The highest BCUT2D eigenvalue weighted by atomic mass is 32.2. The molecule has 4 nitrogen and oxygen atoms in total. The number of benzene rings is 1. The molecule has 0 heterocycles. The van der Waals surface area contributed by atoms with Crippen LogP contribution in [-0.2, 0) is 27.7 Å². The Hall–Kier alpha value is -0.910. The van der Waals surface area contributed by atoms with Crippen molar-refractivity contribution < 1.29 is 13.2 Å². The maximum absolute atomic E-state index is 11.7. The summed E-state index contributed by atoms with van der Waals surface area (Å²) in [5, 5.41) is 2.87. The third-order valence-electron chi connectivity index (χ3n) is 3.02. The zero-order valence-corrected chi connectivity index (χ0v) is 12.7. The van der Waals surface area contributed by atoms with Gasteiger partial charge in [0.25, 0.3) is 0 Å². The quantitative estimate of drug-likeness (QED) is 0.739. The molecular formula is C14H23NO3S. The molecule has 0 fully saturated rings. The molecular weight excluding hydrogens is 262 g/mol. The summed E-state index contributed by atoms with van der Waals surface area (Å²) < 4.78 is 28.4. The monoisotopic (exact) mass is 285 g/mol. The minimum atomic E-state index is -2.96. The summed E-state index contributed by atoms with van der Waals surface area (Å²) in [5.74, 6) is 0.178. The first-order chi connectivity index (χ1) is 8.97. The fourth-order valence-electron chi connectivity index (χ4n) is 1.70. The summed E-state index contributed by atoms with van der Waals surface area (Å²) in [6.45, 7) is 5.13. The van der Waals surface area contributed by atoms with Crippen LogP contribution in [0, 0.1) is 0 Å². The van der Waals surface area contributed by atoms with E-state index >= 15 is 0 Å². The Morgan fingerprint density at radius 1 is 1.21 bits per heavy atom. The summed E-state index contributed by atoms with van der Waals surface area (Å²) in [5.41, 5.74) is 2.27. The Morgan fingerprint density at radius 3 is 2.42 bits per heavy atom. The van der Waals surface area contributed by atoms with E-state index in [4.69, 9.17) is 4.74 Å². The van der Waals surface area contributed by atoms with Crippen LogP contribution in [0.3, 0.4) is 0 Å². The van der Waals surface area contributed by atoms with Gasteiger partial charge in [-0.25, -0.2) is 8.42 Å². The van der Waals surface area contributed by atoms with Crippen LogP contribution < -0.4 is 5.32 Å². The first-order valence-electron chi connectivity index (χ1n) is 6.45. The SMILES string of the molecule is COCc1ccccc1CNCCS(=O)(=O)C(C)C. The van der Waals surface area contributed by atoms with Gasteiger partial charge in [0.1, 0.15) is 0 Å².